The van der Waals surface area contributed by atoms with Gasteiger partial charge >= 0.3 is 5.97 Å². The lowest BCUT2D eigenvalue weighted by Gasteiger charge is -2.13. The van der Waals surface area contributed by atoms with Gasteiger partial charge in [-0.3, -0.25) is 4.79 Å². The highest BCUT2D eigenvalue weighted by molar-refractivity contribution is 6.26. The van der Waals surface area contributed by atoms with Crippen LogP contribution in [0.4, 0.5) is 5.69 Å². The number of benzene rings is 1. The number of ether oxygens (including phenoxy) is 1. The molecule has 0 saturated carbocycles. The molecule has 0 radical (unpaired) electrons. The van der Waals surface area contributed by atoms with Crippen molar-refractivity contribution >= 4 is 23.5 Å². The number of cyclic esters (lactones) is 1. The van der Waals surface area contributed by atoms with Gasteiger partial charge in [0.2, 0.25) is 0 Å². The van der Waals surface area contributed by atoms with Gasteiger partial charge in [-0.2, -0.15) is 0 Å². The van der Waals surface area contributed by atoms with Gasteiger partial charge in [0.15, 0.2) is 5.78 Å². The summed E-state index contributed by atoms with van der Waals surface area (Å²) in [7, 11) is 3.89. The summed E-state index contributed by atoms with van der Waals surface area (Å²) in [5, 5.41) is 0. The second-order valence-corrected chi connectivity index (χ2v) is 4.55. The molecule has 0 atom stereocenters. The van der Waals surface area contributed by atoms with Gasteiger partial charge in [0.1, 0.15) is 11.3 Å². The number of ketones is 1. The standard InChI is InChI=1S/C15H15NO3/c1-10-8-14(17)13(15(18)19-10)9-11-4-6-12(7-5-11)16(2)3/h4-9H,1-3H3. The monoisotopic (exact) mass is 257 g/mol. The molecule has 98 valence electrons. The summed E-state index contributed by atoms with van der Waals surface area (Å²) in [6.45, 7) is 1.58. The zero-order valence-electron chi connectivity index (χ0n) is 11.1. The van der Waals surface area contributed by atoms with Crippen LogP contribution in [0, 0.1) is 0 Å². The van der Waals surface area contributed by atoms with Gasteiger partial charge in [-0.25, -0.2) is 4.79 Å². The molecular weight excluding hydrogens is 242 g/mol. The normalized spacial score (nSPS) is 17.2. The molecule has 0 amide bonds. The maximum Gasteiger partial charge on any atom is 0.347 e. The van der Waals surface area contributed by atoms with Crippen molar-refractivity contribution in [1.29, 1.82) is 0 Å². The molecule has 1 aliphatic heterocycles. The van der Waals surface area contributed by atoms with Gasteiger partial charge in [0.25, 0.3) is 0 Å². The fourth-order valence-corrected chi connectivity index (χ4v) is 1.76. The van der Waals surface area contributed by atoms with Gasteiger partial charge in [0, 0.05) is 25.9 Å². The fraction of sp³-hybridized carbons (Fsp3) is 0.200. The van der Waals surface area contributed by atoms with E-state index in [0.29, 0.717) is 5.76 Å². The van der Waals surface area contributed by atoms with Crippen molar-refractivity contribution in [2.24, 2.45) is 0 Å². The van der Waals surface area contributed by atoms with Gasteiger partial charge in [0.05, 0.1) is 0 Å². The highest BCUT2D eigenvalue weighted by atomic mass is 16.5. The Labute approximate surface area is 112 Å². The molecule has 0 aromatic heterocycles. The minimum Gasteiger partial charge on any atom is -0.428 e. The zero-order valence-corrected chi connectivity index (χ0v) is 11.1. The predicted molar refractivity (Wildman–Crippen MR) is 73.6 cm³/mol. The lowest BCUT2D eigenvalue weighted by molar-refractivity contribution is -0.137. The van der Waals surface area contributed by atoms with Crippen LogP contribution in [0.2, 0.25) is 0 Å². The SMILES string of the molecule is CC1=CC(=O)C(=Cc2ccc(N(C)C)cc2)C(=O)O1. The smallest absolute Gasteiger partial charge is 0.347 e. The van der Waals surface area contributed by atoms with Crippen molar-refractivity contribution in [3.63, 3.8) is 0 Å². The molecule has 19 heavy (non-hydrogen) atoms. The Balaban J connectivity index is 2.31. The molecule has 1 heterocycles. The fourth-order valence-electron chi connectivity index (χ4n) is 1.76. The van der Waals surface area contributed by atoms with E-state index in [0.717, 1.165) is 11.3 Å². The van der Waals surface area contributed by atoms with Gasteiger partial charge in [-0.1, -0.05) is 12.1 Å². The number of rotatable bonds is 2. The van der Waals surface area contributed by atoms with E-state index in [9.17, 15) is 9.59 Å². The Bertz CT molecular complexity index is 580. The first kappa shape index (κ1) is 13.1. The van der Waals surface area contributed by atoms with Crippen LogP contribution in [-0.2, 0) is 14.3 Å². The molecule has 0 aliphatic carbocycles. The third-order valence-corrected chi connectivity index (χ3v) is 2.79. The minimum atomic E-state index is -0.596. The molecule has 4 heteroatoms. The highest BCUT2D eigenvalue weighted by Crippen LogP contribution is 2.19. The molecule has 2 rings (SSSR count). The van der Waals surface area contributed by atoms with Crippen LogP contribution in [0.5, 0.6) is 0 Å². The Hall–Kier alpha value is -2.36. The number of esters is 1. The first-order valence-corrected chi connectivity index (χ1v) is 5.91. The molecule has 0 N–H and O–H groups in total. The van der Waals surface area contributed by atoms with E-state index in [-0.39, 0.29) is 11.4 Å². The van der Waals surface area contributed by atoms with E-state index < -0.39 is 5.97 Å². The number of nitrogens with zero attached hydrogens (tertiary/aromatic N) is 1. The largest absolute Gasteiger partial charge is 0.428 e. The first-order chi connectivity index (χ1) is 8.97. The van der Waals surface area contributed by atoms with Gasteiger partial charge in [-0.05, 0) is 30.7 Å². The summed E-state index contributed by atoms with van der Waals surface area (Å²) in [5.74, 6) is -0.581. The topological polar surface area (TPSA) is 46.6 Å². The molecule has 1 aromatic rings. The van der Waals surface area contributed by atoms with Crippen molar-refractivity contribution in [2.45, 2.75) is 6.92 Å². The average Bonchev–Trinajstić information content (AvgIpc) is 2.34. The quantitative estimate of drug-likeness (QED) is 0.463. The van der Waals surface area contributed by atoms with Crippen LogP contribution in [0.25, 0.3) is 6.08 Å². The predicted octanol–water partition coefficient (Wildman–Crippen LogP) is 2.17. The lowest BCUT2D eigenvalue weighted by Crippen LogP contribution is -2.19. The Morgan fingerprint density at radius 3 is 2.26 bits per heavy atom. The van der Waals surface area contributed by atoms with Crippen LogP contribution in [0.3, 0.4) is 0 Å². The summed E-state index contributed by atoms with van der Waals surface area (Å²) in [6.07, 6.45) is 2.87. The van der Waals surface area contributed by atoms with E-state index >= 15 is 0 Å². The second kappa shape index (κ2) is 5.10. The Kier molecular flexibility index (Phi) is 3.51. The average molecular weight is 257 g/mol. The molecule has 0 unspecified atom stereocenters. The lowest BCUT2D eigenvalue weighted by atomic mass is 10.0. The van der Waals surface area contributed by atoms with Crippen molar-refractivity contribution < 1.29 is 14.3 Å². The molecular formula is C15H15NO3. The number of carbonyl (C=O) groups excluding carboxylic acids is 2. The third kappa shape index (κ3) is 2.91. The molecule has 4 nitrogen and oxygen atoms in total. The number of carbonyl (C=O) groups is 2. The van der Waals surface area contributed by atoms with E-state index in [1.165, 1.54) is 6.08 Å². The van der Waals surface area contributed by atoms with Crippen molar-refractivity contribution in [3.05, 3.63) is 47.2 Å². The Morgan fingerprint density at radius 2 is 1.74 bits per heavy atom. The summed E-state index contributed by atoms with van der Waals surface area (Å²) in [4.78, 5) is 25.4. The van der Waals surface area contributed by atoms with E-state index in [4.69, 9.17) is 4.74 Å². The molecule has 1 aromatic carbocycles. The van der Waals surface area contributed by atoms with Gasteiger partial charge < -0.3 is 9.64 Å². The van der Waals surface area contributed by atoms with Crippen LogP contribution >= 0.6 is 0 Å². The second-order valence-electron chi connectivity index (χ2n) is 4.55. The Morgan fingerprint density at radius 1 is 1.11 bits per heavy atom. The molecule has 0 bridgehead atoms. The third-order valence-electron chi connectivity index (χ3n) is 2.79. The molecule has 0 saturated heterocycles. The summed E-state index contributed by atoms with van der Waals surface area (Å²) >= 11 is 0. The van der Waals surface area contributed by atoms with E-state index in [1.807, 2.05) is 43.3 Å². The highest BCUT2D eigenvalue weighted by Gasteiger charge is 2.23. The van der Waals surface area contributed by atoms with Crippen molar-refractivity contribution in [2.75, 3.05) is 19.0 Å². The van der Waals surface area contributed by atoms with Crippen LogP contribution in [0.1, 0.15) is 12.5 Å². The minimum absolute atomic E-state index is 0.0585. The maximum absolute atomic E-state index is 11.7. The number of hydrogen-bond acceptors (Lipinski definition) is 4. The summed E-state index contributed by atoms with van der Waals surface area (Å²) in [5.41, 5.74) is 1.90. The maximum atomic E-state index is 11.7. The molecule has 0 spiro atoms. The van der Waals surface area contributed by atoms with E-state index in [1.54, 1.807) is 13.0 Å². The van der Waals surface area contributed by atoms with Crippen LogP contribution < -0.4 is 4.90 Å². The number of anilines is 1. The van der Waals surface area contributed by atoms with Crippen molar-refractivity contribution in [1.82, 2.24) is 0 Å². The van der Waals surface area contributed by atoms with Crippen molar-refractivity contribution in [3.8, 4) is 0 Å². The number of allylic oxidation sites excluding steroid dienone is 2. The first-order valence-electron chi connectivity index (χ1n) is 5.91. The van der Waals surface area contributed by atoms with Crippen LogP contribution in [0.15, 0.2) is 41.7 Å². The summed E-state index contributed by atoms with van der Waals surface area (Å²) < 4.78 is 4.93. The molecule has 0 fully saturated rings. The zero-order chi connectivity index (χ0) is 14.0. The van der Waals surface area contributed by atoms with E-state index in [2.05, 4.69) is 0 Å². The van der Waals surface area contributed by atoms with Gasteiger partial charge in [-0.15, -0.1) is 0 Å². The molecule has 1 aliphatic rings. The van der Waals surface area contributed by atoms with Crippen LogP contribution in [-0.4, -0.2) is 25.8 Å². The summed E-state index contributed by atoms with van der Waals surface area (Å²) in [6, 6.07) is 7.56. The number of hydrogen-bond donors (Lipinski definition) is 0.